The molecule has 1 N–H and O–H groups in total. The molecule has 0 bridgehead atoms. The van der Waals surface area contributed by atoms with Crippen LogP contribution in [0.3, 0.4) is 0 Å². The van der Waals surface area contributed by atoms with Gasteiger partial charge in [-0.25, -0.2) is 0 Å². The summed E-state index contributed by atoms with van der Waals surface area (Å²) in [6, 6.07) is 0.678. The van der Waals surface area contributed by atoms with Crippen LogP contribution < -0.4 is 5.32 Å². The summed E-state index contributed by atoms with van der Waals surface area (Å²) in [6.07, 6.45) is 2.52. The number of nitrogens with one attached hydrogen (secondary N) is 1. The highest BCUT2D eigenvalue weighted by atomic mass is 15.2. The molecular formula is C12H27N3. The molecule has 0 aromatic heterocycles. The van der Waals surface area contributed by atoms with Crippen LogP contribution in [-0.4, -0.2) is 62.2 Å². The number of likely N-dealkylation sites (N-methyl/N-ethyl adjacent to an activating group) is 1. The van der Waals surface area contributed by atoms with Crippen molar-refractivity contribution in [1.29, 1.82) is 0 Å². The van der Waals surface area contributed by atoms with E-state index in [1.54, 1.807) is 0 Å². The molecule has 3 nitrogen and oxygen atoms in total. The number of rotatable bonds is 6. The molecule has 15 heavy (non-hydrogen) atoms. The third-order valence-corrected chi connectivity index (χ3v) is 3.35. The van der Waals surface area contributed by atoms with Crippen molar-refractivity contribution in [2.75, 3.05) is 46.3 Å². The summed E-state index contributed by atoms with van der Waals surface area (Å²) in [4.78, 5) is 4.99. The van der Waals surface area contributed by atoms with E-state index in [0.29, 0.717) is 6.04 Å². The average Bonchev–Trinajstić information content (AvgIpc) is 2.26. The Morgan fingerprint density at radius 2 is 1.87 bits per heavy atom. The topological polar surface area (TPSA) is 18.5 Å². The first-order valence-corrected chi connectivity index (χ1v) is 6.36. The Morgan fingerprint density at radius 1 is 1.20 bits per heavy atom. The maximum Gasteiger partial charge on any atom is 0.0110 e. The Morgan fingerprint density at radius 3 is 2.47 bits per heavy atom. The minimum atomic E-state index is 0.678. The van der Waals surface area contributed by atoms with Crippen molar-refractivity contribution in [3.63, 3.8) is 0 Å². The molecule has 0 radical (unpaired) electrons. The molecule has 0 aromatic rings. The zero-order valence-corrected chi connectivity index (χ0v) is 10.6. The van der Waals surface area contributed by atoms with Gasteiger partial charge in [-0.3, -0.25) is 0 Å². The van der Waals surface area contributed by atoms with Gasteiger partial charge in [-0.1, -0.05) is 6.92 Å². The monoisotopic (exact) mass is 213 g/mol. The van der Waals surface area contributed by atoms with Crippen LogP contribution in [0.5, 0.6) is 0 Å². The molecule has 1 heterocycles. The van der Waals surface area contributed by atoms with Crippen LogP contribution in [0, 0.1) is 0 Å². The van der Waals surface area contributed by atoms with E-state index < -0.39 is 0 Å². The number of hydrogen-bond acceptors (Lipinski definition) is 3. The Bertz CT molecular complexity index is 153. The lowest BCUT2D eigenvalue weighted by atomic mass is 10.2. The molecular weight excluding hydrogens is 186 g/mol. The van der Waals surface area contributed by atoms with E-state index in [0.717, 1.165) is 0 Å². The van der Waals surface area contributed by atoms with E-state index in [1.165, 1.54) is 52.1 Å². The van der Waals surface area contributed by atoms with Gasteiger partial charge in [0, 0.05) is 32.2 Å². The van der Waals surface area contributed by atoms with E-state index in [4.69, 9.17) is 0 Å². The quantitative estimate of drug-likeness (QED) is 0.664. The van der Waals surface area contributed by atoms with Crippen molar-refractivity contribution >= 4 is 0 Å². The lowest BCUT2D eigenvalue weighted by molar-refractivity contribution is 0.152. The molecule has 1 atom stereocenters. The van der Waals surface area contributed by atoms with Crippen molar-refractivity contribution in [2.45, 2.75) is 32.7 Å². The zero-order chi connectivity index (χ0) is 11.1. The normalized spacial score (nSPS) is 21.8. The Hall–Kier alpha value is -0.120. The molecule has 1 aliphatic rings. The zero-order valence-electron chi connectivity index (χ0n) is 10.6. The van der Waals surface area contributed by atoms with Crippen LogP contribution in [-0.2, 0) is 0 Å². The predicted octanol–water partition coefficient (Wildman–Crippen LogP) is 1.01. The molecule has 3 heteroatoms. The molecule has 0 aliphatic carbocycles. The van der Waals surface area contributed by atoms with Gasteiger partial charge in [0.2, 0.25) is 0 Å². The largest absolute Gasteiger partial charge is 0.314 e. The SMILES string of the molecule is CC[C@@H](C)NCCCN1CCN(C)CC1. The second-order valence-electron chi connectivity index (χ2n) is 4.76. The van der Waals surface area contributed by atoms with Crippen LogP contribution in [0.4, 0.5) is 0 Å². The van der Waals surface area contributed by atoms with Crippen molar-refractivity contribution in [3.8, 4) is 0 Å². The Balaban J connectivity index is 1.96. The van der Waals surface area contributed by atoms with Gasteiger partial charge in [-0.15, -0.1) is 0 Å². The van der Waals surface area contributed by atoms with Gasteiger partial charge in [0.25, 0.3) is 0 Å². The lowest BCUT2D eigenvalue weighted by Gasteiger charge is -2.32. The predicted molar refractivity (Wildman–Crippen MR) is 66.3 cm³/mol. The highest BCUT2D eigenvalue weighted by Gasteiger charge is 2.12. The van der Waals surface area contributed by atoms with Crippen LogP contribution in [0.1, 0.15) is 26.7 Å². The fourth-order valence-electron chi connectivity index (χ4n) is 1.87. The number of piperazine rings is 1. The van der Waals surface area contributed by atoms with Gasteiger partial charge in [0.05, 0.1) is 0 Å². The highest BCUT2D eigenvalue weighted by Crippen LogP contribution is 1.99. The molecule has 0 saturated carbocycles. The lowest BCUT2D eigenvalue weighted by Crippen LogP contribution is -2.45. The molecule has 1 saturated heterocycles. The number of nitrogens with zero attached hydrogens (tertiary/aromatic N) is 2. The minimum Gasteiger partial charge on any atom is -0.314 e. The summed E-state index contributed by atoms with van der Waals surface area (Å²) >= 11 is 0. The third-order valence-electron chi connectivity index (χ3n) is 3.35. The van der Waals surface area contributed by atoms with E-state index in [1.807, 2.05) is 0 Å². The molecule has 1 fully saturated rings. The van der Waals surface area contributed by atoms with Gasteiger partial charge in [0.15, 0.2) is 0 Å². The maximum absolute atomic E-state index is 3.54. The molecule has 0 unspecified atom stereocenters. The van der Waals surface area contributed by atoms with E-state index in [9.17, 15) is 0 Å². The van der Waals surface area contributed by atoms with Gasteiger partial charge in [0.1, 0.15) is 0 Å². The van der Waals surface area contributed by atoms with Crippen LogP contribution in [0.2, 0.25) is 0 Å². The van der Waals surface area contributed by atoms with Crippen molar-refractivity contribution in [1.82, 2.24) is 15.1 Å². The second kappa shape index (κ2) is 7.20. The fourth-order valence-corrected chi connectivity index (χ4v) is 1.87. The van der Waals surface area contributed by atoms with Crippen LogP contribution in [0.15, 0.2) is 0 Å². The van der Waals surface area contributed by atoms with E-state index in [2.05, 4.69) is 36.0 Å². The van der Waals surface area contributed by atoms with E-state index in [-0.39, 0.29) is 0 Å². The third kappa shape index (κ3) is 5.50. The first kappa shape index (κ1) is 12.9. The Kier molecular flexibility index (Phi) is 6.22. The minimum absolute atomic E-state index is 0.678. The molecule has 0 aromatic carbocycles. The van der Waals surface area contributed by atoms with Gasteiger partial charge < -0.3 is 15.1 Å². The summed E-state index contributed by atoms with van der Waals surface area (Å²) in [5.41, 5.74) is 0. The molecule has 0 amide bonds. The van der Waals surface area contributed by atoms with E-state index >= 15 is 0 Å². The van der Waals surface area contributed by atoms with Gasteiger partial charge in [-0.2, -0.15) is 0 Å². The first-order chi connectivity index (χ1) is 7.22. The number of hydrogen-bond donors (Lipinski definition) is 1. The van der Waals surface area contributed by atoms with Gasteiger partial charge in [-0.05, 0) is 39.9 Å². The molecule has 1 rings (SSSR count). The molecule has 90 valence electrons. The smallest absolute Gasteiger partial charge is 0.0110 e. The standard InChI is InChI=1S/C12H27N3/c1-4-12(2)13-6-5-7-15-10-8-14(3)9-11-15/h12-13H,4-11H2,1-3H3/t12-/m1/s1. The average molecular weight is 213 g/mol. The first-order valence-electron chi connectivity index (χ1n) is 6.36. The summed E-state index contributed by atoms with van der Waals surface area (Å²) < 4.78 is 0. The second-order valence-corrected chi connectivity index (χ2v) is 4.76. The van der Waals surface area contributed by atoms with Crippen LogP contribution >= 0.6 is 0 Å². The Labute approximate surface area is 94.8 Å². The highest BCUT2D eigenvalue weighted by molar-refractivity contribution is 4.69. The fraction of sp³-hybridized carbons (Fsp3) is 1.00. The summed E-state index contributed by atoms with van der Waals surface area (Å²) in [6.45, 7) is 11.9. The van der Waals surface area contributed by atoms with Gasteiger partial charge >= 0.3 is 0 Å². The summed E-state index contributed by atoms with van der Waals surface area (Å²) in [5.74, 6) is 0. The summed E-state index contributed by atoms with van der Waals surface area (Å²) in [7, 11) is 2.21. The molecule has 0 spiro atoms. The molecule has 1 aliphatic heterocycles. The summed E-state index contributed by atoms with van der Waals surface area (Å²) in [5, 5.41) is 3.54. The van der Waals surface area contributed by atoms with Crippen molar-refractivity contribution < 1.29 is 0 Å². The van der Waals surface area contributed by atoms with Crippen molar-refractivity contribution in [2.24, 2.45) is 0 Å². The van der Waals surface area contributed by atoms with Crippen molar-refractivity contribution in [3.05, 3.63) is 0 Å². The van der Waals surface area contributed by atoms with Crippen LogP contribution in [0.25, 0.3) is 0 Å². The maximum atomic E-state index is 3.54.